The molecule has 16 heavy (non-hydrogen) atoms. The standard InChI is InChI=1S/C13H28N2O/c1-6-8-9-10-15(7-2)11-12(16)14-13(3,4)5/h6-11H2,1-5H3,(H,14,16). The molecule has 0 radical (unpaired) electrons. The van der Waals surface area contributed by atoms with Crippen molar-refractivity contribution in [2.75, 3.05) is 19.6 Å². The summed E-state index contributed by atoms with van der Waals surface area (Å²) in [5.41, 5.74) is -0.125. The molecule has 0 saturated carbocycles. The normalized spacial score (nSPS) is 11.9. The summed E-state index contributed by atoms with van der Waals surface area (Å²) in [4.78, 5) is 13.9. The average molecular weight is 228 g/mol. The van der Waals surface area contributed by atoms with Crippen LogP contribution in [0.15, 0.2) is 0 Å². The number of amides is 1. The molecule has 0 aliphatic carbocycles. The fourth-order valence-corrected chi connectivity index (χ4v) is 1.60. The summed E-state index contributed by atoms with van der Waals surface area (Å²) < 4.78 is 0. The molecule has 3 heteroatoms. The van der Waals surface area contributed by atoms with Crippen LogP contribution in [0, 0.1) is 0 Å². The average Bonchev–Trinajstić information content (AvgIpc) is 2.13. The van der Waals surface area contributed by atoms with Crippen LogP contribution < -0.4 is 5.32 Å². The minimum Gasteiger partial charge on any atom is -0.350 e. The highest BCUT2D eigenvalue weighted by Crippen LogP contribution is 2.01. The van der Waals surface area contributed by atoms with Gasteiger partial charge < -0.3 is 5.32 Å². The Hall–Kier alpha value is -0.570. The maximum Gasteiger partial charge on any atom is 0.234 e. The smallest absolute Gasteiger partial charge is 0.234 e. The van der Waals surface area contributed by atoms with Crippen molar-refractivity contribution in [3.63, 3.8) is 0 Å². The third-order valence-electron chi connectivity index (χ3n) is 2.41. The van der Waals surface area contributed by atoms with Gasteiger partial charge in [-0.3, -0.25) is 9.69 Å². The fraction of sp³-hybridized carbons (Fsp3) is 0.923. The maximum absolute atomic E-state index is 11.7. The lowest BCUT2D eigenvalue weighted by Crippen LogP contribution is -2.46. The molecular formula is C13H28N2O. The number of hydrogen-bond acceptors (Lipinski definition) is 2. The number of hydrogen-bond donors (Lipinski definition) is 1. The van der Waals surface area contributed by atoms with E-state index >= 15 is 0 Å². The van der Waals surface area contributed by atoms with Crippen molar-refractivity contribution in [1.82, 2.24) is 10.2 Å². The second-order valence-corrected chi connectivity index (χ2v) is 5.37. The van der Waals surface area contributed by atoms with Gasteiger partial charge in [-0.1, -0.05) is 26.7 Å². The van der Waals surface area contributed by atoms with Crippen LogP contribution in [-0.4, -0.2) is 36.0 Å². The van der Waals surface area contributed by atoms with Gasteiger partial charge in [0.2, 0.25) is 5.91 Å². The summed E-state index contributed by atoms with van der Waals surface area (Å²) in [5.74, 6) is 0.130. The number of likely N-dealkylation sites (N-methyl/N-ethyl adjacent to an activating group) is 1. The quantitative estimate of drug-likeness (QED) is 0.679. The summed E-state index contributed by atoms with van der Waals surface area (Å²) in [6.07, 6.45) is 3.66. The van der Waals surface area contributed by atoms with Gasteiger partial charge in [0.05, 0.1) is 6.54 Å². The lowest BCUT2D eigenvalue weighted by Gasteiger charge is -2.24. The molecule has 0 fully saturated rings. The van der Waals surface area contributed by atoms with Gasteiger partial charge in [0, 0.05) is 5.54 Å². The molecule has 0 unspecified atom stereocenters. The van der Waals surface area contributed by atoms with E-state index in [1.807, 2.05) is 20.8 Å². The minimum absolute atomic E-state index is 0.125. The number of rotatable bonds is 7. The van der Waals surface area contributed by atoms with Gasteiger partial charge in [-0.25, -0.2) is 0 Å². The molecule has 0 bridgehead atoms. The lowest BCUT2D eigenvalue weighted by molar-refractivity contribution is -0.123. The van der Waals surface area contributed by atoms with E-state index in [1.165, 1.54) is 19.3 Å². The van der Waals surface area contributed by atoms with E-state index in [2.05, 4.69) is 24.1 Å². The number of nitrogens with zero attached hydrogens (tertiary/aromatic N) is 1. The molecule has 0 aromatic heterocycles. The predicted molar refractivity (Wildman–Crippen MR) is 69.5 cm³/mol. The summed E-state index contributed by atoms with van der Waals surface area (Å²) >= 11 is 0. The van der Waals surface area contributed by atoms with Crippen molar-refractivity contribution in [2.45, 2.75) is 59.4 Å². The predicted octanol–water partition coefficient (Wildman–Crippen LogP) is 2.41. The topological polar surface area (TPSA) is 32.3 Å². The van der Waals surface area contributed by atoms with Crippen LogP contribution in [0.2, 0.25) is 0 Å². The Morgan fingerprint density at radius 2 is 1.81 bits per heavy atom. The van der Waals surface area contributed by atoms with Gasteiger partial charge in [-0.2, -0.15) is 0 Å². The van der Waals surface area contributed by atoms with Gasteiger partial charge in [0.1, 0.15) is 0 Å². The largest absolute Gasteiger partial charge is 0.350 e. The van der Waals surface area contributed by atoms with Gasteiger partial charge in [0.25, 0.3) is 0 Å². The van der Waals surface area contributed by atoms with Crippen molar-refractivity contribution >= 4 is 5.91 Å². The van der Waals surface area contributed by atoms with Gasteiger partial charge in [-0.15, -0.1) is 0 Å². The van der Waals surface area contributed by atoms with E-state index < -0.39 is 0 Å². The molecule has 1 N–H and O–H groups in total. The SMILES string of the molecule is CCCCCN(CC)CC(=O)NC(C)(C)C. The van der Waals surface area contributed by atoms with Crippen LogP contribution in [-0.2, 0) is 4.79 Å². The first-order valence-electron chi connectivity index (χ1n) is 6.42. The monoisotopic (exact) mass is 228 g/mol. The summed E-state index contributed by atoms with van der Waals surface area (Å²) in [5, 5.41) is 2.99. The second kappa shape index (κ2) is 7.66. The Kier molecular flexibility index (Phi) is 7.39. The summed E-state index contributed by atoms with van der Waals surface area (Å²) in [7, 11) is 0. The molecule has 96 valence electrons. The van der Waals surface area contributed by atoms with Gasteiger partial charge >= 0.3 is 0 Å². The Morgan fingerprint density at radius 3 is 2.25 bits per heavy atom. The zero-order valence-corrected chi connectivity index (χ0v) is 11.6. The van der Waals surface area contributed by atoms with E-state index in [-0.39, 0.29) is 11.4 Å². The van der Waals surface area contributed by atoms with Crippen LogP contribution in [0.5, 0.6) is 0 Å². The van der Waals surface area contributed by atoms with Crippen LogP contribution >= 0.6 is 0 Å². The number of unbranched alkanes of at least 4 members (excludes halogenated alkanes) is 2. The van der Waals surface area contributed by atoms with Crippen LogP contribution in [0.3, 0.4) is 0 Å². The van der Waals surface area contributed by atoms with Crippen molar-refractivity contribution in [3.8, 4) is 0 Å². The zero-order chi connectivity index (χ0) is 12.6. The van der Waals surface area contributed by atoms with Crippen molar-refractivity contribution < 1.29 is 4.79 Å². The molecule has 0 aromatic carbocycles. The molecule has 0 aromatic rings. The highest BCUT2D eigenvalue weighted by molar-refractivity contribution is 5.78. The Labute approximate surface area is 101 Å². The van der Waals surface area contributed by atoms with Crippen LogP contribution in [0.25, 0.3) is 0 Å². The molecule has 1 amide bonds. The van der Waals surface area contributed by atoms with Crippen molar-refractivity contribution in [2.24, 2.45) is 0 Å². The van der Waals surface area contributed by atoms with Gasteiger partial charge in [0.15, 0.2) is 0 Å². The lowest BCUT2D eigenvalue weighted by atomic mass is 10.1. The van der Waals surface area contributed by atoms with E-state index in [4.69, 9.17) is 0 Å². The van der Waals surface area contributed by atoms with E-state index in [1.54, 1.807) is 0 Å². The molecule has 0 saturated heterocycles. The Bertz CT molecular complexity index is 197. The molecule has 0 heterocycles. The molecule has 0 spiro atoms. The Morgan fingerprint density at radius 1 is 1.19 bits per heavy atom. The van der Waals surface area contributed by atoms with Gasteiger partial charge in [-0.05, 0) is 40.3 Å². The third kappa shape index (κ3) is 8.72. The number of nitrogens with one attached hydrogen (secondary N) is 1. The fourth-order valence-electron chi connectivity index (χ4n) is 1.60. The third-order valence-corrected chi connectivity index (χ3v) is 2.41. The van der Waals surface area contributed by atoms with Crippen molar-refractivity contribution in [3.05, 3.63) is 0 Å². The molecule has 0 aliphatic rings. The first-order chi connectivity index (χ1) is 7.39. The van der Waals surface area contributed by atoms with E-state index in [9.17, 15) is 4.79 Å². The summed E-state index contributed by atoms with van der Waals surface area (Å²) in [6, 6.07) is 0. The Balaban J connectivity index is 3.88. The van der Waals surface area contributed by atoms with E-state index in [0.717, 1.165) is 13.1 Å². The first-order valence-corrected chi connectivity index (χ1v) is 6.42. The highest BCUT2D eigenvalue weighted by atomic mass is 16.2. The molecule has 0 atom stereocenters. The van der Waals surface area contributed by atoms with Crippen molar-refractivity contribution in [1.29, 1.82) is 0 Å². The first kappa shape index (κ1) is 15.4. The molecular weight excluding hydrogens is 200 g/mol. The molecule has 0 aliphatic heterocycles. The maximum atomic E-state index is 11.7. The molecule has 3 nitrogen and oxygen atoms in total. The van der Waals surface area contributed by atoms with Crippen LogP contribution in [0.4, 0.5) is 0 Å². The zero-order valence-electron chi connectivity index (χ0n) is 11.6. The van der Waals surface area contributed by atoms with Crippen LogP contribution in [0.1, 0.15) is 53.9 Å². The highest BCUT2D eigenvalue weighted by Gasteiger charge is 2.15. The number of carbonyl (C=O) groups excluding carboxylic acids is 1. The van der Waals surface area contributed by atoms with E-state index in [0.29, 0.717) is 6.54 Å². The second-order valence-electron chi connectivity index (χ2n) is 5.37. The molecule has 0 rings (SSSR count). The minimum atomic E-state index is -0.125. The number of carbonyl (C=O) groups is 1. The summed E-state index contributed by atoms with van der Waals surface area (Å²) in [6.45, 7) is 12.8.